The minimum Gasteiger partial charge on any atom is -0.400 e. The number of hydrogen-bond donors (Lipinski definition) is 2. The summed E-state index contributed by atoms with van der Waals surface area (Å²) in [5, 5.41) is 15.6. The van der Waals surface area contributed by atoms with Crippen molar-refractivity contribution in [2.24, 2.45) is 5.92 Å². The van der Waals surface area contributed by atoms with Crippen molar-refractivity contribution < 1.29 is 10.2 Å². The van der Waals surface area contributed by atoms with Crippen LogP contribution in [0.3, 0.4) is 0 Å². The molecule has 0 amide bonds. The highest BCUT2D eigenvalue weighted by Crippen LogP contribution is 2.14. The molecule has 1 unspecified atom stereocenters. The van der Waals surface area contributed by atoms with E-state index in [1.807, 2.05) is 13.8 Å². The normalized spacial score (nSPS) is 20.6. The third-order valence-electron chi connectivity index (χ3n) is 2.14. The summed E-state index contributed by atoms with van der Waals surface area (Å²) in [4.78, 5) is 2.43. The predicted octanol–water partition coefficient (Wildman–Crippen LogP) is 1.35. The summed E-state index contributed by atoms with van der Waals surface area (Å²) in [6, 6.07) is 0. The van der Waals surface area contributed by atoms with E-state index in [9.17, 15) is 0 Å². The van der Waals surface area contributed by atoms with Crippen molar-refractivity contribution in [1.29, 1.82) is 0 Å². The van der Waals surface area contributed by atoms with Crippen LogP contribution in [0.15, 0.2) is 0 Å². The van der Waals surface area contributed by atoms with Gasteiger partial charge in [-0.25, -0.2) is 0 Å². The maximum absolute atomic E-state index is 8.57. The fourth-order valence-corrected chi connectivity index (χ4v) is 1.52. The molecule has 1 heterocycles. The zero-order valence-corrected chi connectivity index (χ0v) is 10.2. The van der Waals surface area contributed by atoms with Gasteiger partial charge >= 0.3 is 0 Å². The van der Waals surface area contributed by atoms with Gasteiger partial charge in [0.05, 0.1) is 0 Å². The van der Waals surface area contributed by atoms with Crippen molar-refractivity contribution in [1.82, 2.24) is 4.90 Å². The number of likely N-dealkylation sites (tertiary alicyclic amines) is 1. The summed E-state index contributed by atoms with van der Waals surface area (Å²) in [5.74, 6) is 0.874. The van der Waals surface area contributed by atoms with Crippen LogP contribution < -0.4 is 0 Å². The molecule has 1 aliphatic rings. The fraction of sp³-hybridized carbons (Fsp3) is 1.00. The van der Waals surface area contributed by atoms with E-state index in [1.54, 1.807) is 0 Å². The molecule has 0 aromatic carbocycles. The van der Waals surface area contributed by atoms with Crippen molar-refractivity contribution in [2.75, 3.05) is 33.4 Å². The van der Waals surface area contributed by atoms with Gasteiger partial charge < -0.3 is 15.1 Å². The zero-order valence-electron chi connectivity index (χ0n) is 10.2. The number of aliphatic hydroxyl groups excluding tert-OH is 2. The molecule has 1 rings (SSSR count). The zero-order chi connectivity index (χ0) is 11.4. The standard InChI is InChI=1S/C8H17NO.C2H6.CH4O/c1-8-3-5-9(7-8)4-2-6-10;2*1-2/h8,10H,2-7H2,1H3;1-2H3;2H,1H3. The van der Waals surface area contributed by atoms with Crippen LogP contribution in [0.1, 0.15) is 33.6 Å². The Balaban J connectivity index is 0. The van der Waals surface area contributed by atoms with Crippen LogP contribution in [0.2, 0.25) is 0 Å². The molecule has 14 heavy (non-hydrogen) atoms. The van der Waals surface area contributed by atoms with Gasteiger partial charge in [-0.3, -0.25) is 0 Å². The van der Waals surface area contributed by atoms with E-state index in [0.29, 0.717) is 6.61 Å². The second-order valence-corrected chi connectivity index (χ2v) is 3.27. The monoisotopic (exact) mass is 205 g/mol. The summed E-state index contributed by atoms with van der Waals surface area (Å²) in [7, 11) is 1.00. The van der Waals surface area contributed by atoms with E-state index in [2.05, 4.69) is 11.8 Å². The Kier molecular flexibility index (Phi) is 15.0. The molecule has 0 saturated carbocycles. The van der Waals surface area contributed by atoms with Crippen LogP contribution in [0.25, 0.3) is 0 Å². The van der Waals surface area contributed by atoms with Gasteiger partial charge in [-0.1, -0.05) is 20.8 Å². The van der Waals surface area contributed by atoms with Crippen LogP contribution in [0.4, 0.5) is 0 Å². The van der Waals surface area contributed by atoms with Crippen molar-refractivity contribution in [3.63, 3.8) is 0 Å². The summed E-state index contributed by atoms with van der Waals surface area (Å²) >= 11 is 0. The summed E-state index contributed by atoms with van der Waals surface area (Å²) < 4.78 is 0. The van der Waals surface area contributed by atoms with Gasteiger partial charge in [-0.15, -0.1) is 0 Å². The molecule has 1 atom stereocenters. The number of rotatable bonds is 3. The largest absolute Gasteiger partial charge is 0.400 e. The second kappa shape index (κ2) is 12.9. The fourth-order valence-electron chi connectivity index (χ4n) is 1.52. The number of aliphatic hydroxyl groups is 2. The Morgan fingerprint density at radius 3 is 2.21 bits per heavy atom. The van der Waals surface area contributed by atoms with Gasteiger partial charge in [0.2, 0.25) is 0 Å². The lowest BCUT2D eigenvalue weighted by atomic mass is 10.2. The maximum atomic E-state index is 8.57. The van der Waals surface area contributed by atoms with E-state index < -0.39 is 0 Å². The topological polar surface area (TPSA) is 43.7 Å². The molecule has 1 fully saturated rings. The molecule has 3 heteroatoms. The van der Waals surface area contributed by atoms with Crippen molar-refractivity contribution in [2.45, 2.75) is 33.6 Å². The van der Waals surface area contributed by atoms with Crippen molar-refractivity contribution >= 4 is 0 Å². The Labute approximate surface area is 88.7 Å². The smallest absolute Gasteiger partial charge is 0.0443 e. The first-order valence-electron chi connectivity index (χ1n) is 5.61. The molecule has 0 bridgehead atoms. The average Bonchev–Trinajstić information content (AvgIpc) is 2.67. The van der Waals surface area contributed by atoms with Gasteiger partial charge in [-0.05, 0) is 25.3 Å². The third-order valence-corrected chi connectivity index (χ3v) is 2.14. The molecule has 0 aromatic heterocycles. The number of nitrogens with zero attached hydrogens (tertiary/aromatic N) is 1. The van der Waals surface area contributed by atoms with Crippen LogP contribution >= 0.6 is 0 Å². The lowest BCUT2D eigenvalue weighted by Crippen LogP contribution is -2.22. The number of hydrogen-bond acceptors (Lipinski definition) is 3. The van der Waals surface area contributed by atoms with E-state index >= 15 is 0 Å². The van der Waals surface area contributed by atoms with Crippen LogP contribution in [0.5, 0.6) is 0 Å². The molecular formula is C11H27NO2. The molecule has 3 nitrogen and oxygen atoms in total. The van der Waals surface area contributed by atoms with Gasteiger partial charge in [0.15, 0.2) is 0 Å². The molecule has 2 N–H and O–H groups in total. The molecule has 0 spiro atoms. The van der Waals surface area contributed by atoms with Gasteiger partial charge in [0.25, 0.3) is 0 Å². The SMILES string of the molecule is CC.CC1CCN(CCCO)C1.CO. The maximum Gasteiger partial charge on any atom is 0.0443 e. The first kappa shape index (κ1) is 16.3. The first-order chi connectivity index (χ1) is 6.83. The van der Waals surface area contributed by atoms with E-state index in [-0.39, 0.29) is 0 Å². The van der Waals surface area contributed by atoms with E-state index in [1.165, 1.54) is 19.5 Å². The van der Waals surface area contributed by atoms with Gasteiger partial charge in [0, 0.05) is 26.8 Å². The molecule has 0 aromatic rings. The van der Waals surface area contributed by atoms with Crippen LogP contribution in [0, 0.1) is 5.92 Å². The average molecular weight is 205 g/mol. The summed E-state index contributed by atoms with van der Waals surface area (Å²) in [5.41, 5.74) is 0. The lowest BCUT2D eigenvalue weighted by Gasteiger charge is -2.13. The quantitative estimate of drug-likeness (QED) is 0.731. The molecule has 88 valence electrons. The molecule has 1 aliphatic heterocycles. The van der Waals surface area contributed by atoms with Crippen LogP contribution in [-0.2, 0) is 0 Å². The van der Waals surface area contributed by atoms with E-state index in [4.69, 9.17) is 10.2 Å². The Morgan fingerprint density at radius 2 is 1.86 bits per heavy atom. The highest BCUT2D eigenvalue weighted by molar-refractivity contribution is 4.71. The Bertz CT molecular complexity index is 99.3. The van der Waals surface area contributed by atoms with Gasteiger partial charge in [-0.2, -0.15) is 0 Å². The second-order valence-electron chi connectivity index (χ2n) is 3.27. The Hall–Kier alpha value is -0.120. The summed E-state index contributed by atoms with van der Waals surface area (Å²) in [6.07, 6.45) is 2.28. The lowest BCUT2D eigenvalue weighted by molar-refractivity contribution is 0.245. The van der Waals surface area contributed by atoms with E-state index in [0.717, 1.165) is 26.0 Å². The third kappa shape index (κ3) is 8.48. The minimum absolute atomic E-state index is 0.338. The molecule has 0 radical (unpaired) electrons. The van der Waals surface area contributed by atoms with Gasteiger partial charge in [0.1, 0.15) is 0 Å². The molecule has 0 aliphatic carbocycles. The van der Waals surface area contributed by atoms with Crippen molar-refractivity contribution in [3.8, 4) is 0 Å². The van der Waals surface area contributed by atoms with Crippen LogP contribution in [-0.4, -0.2) is 48.5 Å². The first-order valence-corrected chi connectivity index (χ1v) is 5.61. The Morgan fingerprint density at radius 1 is 1.29 bits per heavy atom. The summed E-state index contributed by atoms with van der Waals surface area (Å²) in [6.45, 7) is 10.2. The minimum atomic E-state index is 0.338. The highest BCUT2D eigenvalue weighted by atomic mass is 16.3. The molecule has 1 saturated heterocycles. The highest BCUT2D eigenvalue weighted by Gasteiger charge is 2.16. The molecular weight excluding hydrogens is 178 g/mol. The van der Waals surface area contributed by atoms with Crippen molar-refractivity contribution in [3.05, 3.63) is 0 Å². The predicted molar refractivity (Wildman–Crippen MR) is 61.4 cm³/mol.